The van der Waals surface area contributed by atoms with E-state index in [1.165, 1.54) is 17.0 Å². The molecule has 4 rings (SSSR count). The third kappa shape index (κ3) is 4.58. The minimum atomic E-state index is -4.57. The summed E-state index contributed by atoms with van der Waals surface area (Å²) in [5.41, 5.74) is -0.234. The van der Waals surface area contributed by atoms with Gasteiger partial charge in [0.1, 0.15) is 5.82 Å². The molecule has 33 heavy (non-hydrogen) atoms. The molecular formula is C21H19F4N3O4S. The maximum atomic E-state index is 13.5. The second-order valence-corrected chi connectivity index (χ2v) is 9.73. The van der Waals surface area contributed by atoms with Crippen molar-refractivity contribution in [2.75, 3.05) is 31.5 Å². The molecule has 2 aliphatic rings. The van der Waals surface area contributed by atoms with E-state index in [0.29, 0.717) is 17.7 Å². The van der Waals surface area contributed by atoms with Crippen molar-refractivity contribution < 1.29 is 35.6 Å². The molecule has 0 bridgehead atoms. The average Bonchev–Trinajstić information content (AvgIpc) is 2.77. The molecule has 2 aromatic rings. The summed E-state index contributed by atoms with van der Waals surface area (Å²) in [6, 6.07) is 7.02. The fourth-order valence-electron chi connectivity index (χ4n) is 3.99. The first-order valence-electron chi connectivity index (χ1n) is 10.0. The summed E-state index contributed by atoms with van der Waals surface area (Å²) < 4.78 is 78.5. The minimum Gasteiger partial charge on any atom is -0.340 e. The first-order chi connectivity index (χ1) is 15.5. The normalized spacial score (nSPS) is 19.7. The van der Waals surface area contributed by atoms with Crippen LogP contribution in [0.2, 0.25) is 0 Å². The third-order valence-corrected chi connectivity index (χ3v) is 7.64. The zero-order valence-electron chi connectivity index (χ0n) is 17.1. The zero-order valence-corrected chi connectivity index (χ0v) is 17.9. The van der Waals surface area contributed by atoms with E-state index >= 15 is 0 Å². The number of alkyl halides is 3. The van der Waals surface area contributed by atoms with Gasteiger partial charge in [-0.3, -0.25) is 9.59 Å². The van der Waals surface area contributed by atoms with Crippen LogP contribution >= 0.6 is 0 Å². The van der Waals surface area contributed by atoms with Crippen molar-refractivity contribution >= 4 is 27.5 Å². The van der Waals surface area contributed by atoms with E-state index in [-0.39, 0.29) is 49.1 Å². The van der Waals surface area contributed by atoms with Crippen molar-refractivity contribution in [1.29, 1.82) is 0 Å². The molecule has 7 nitrogen and oxygen atoms in total. The molecule has 2 aromatic carbocycles. The summed E-state index contributed by atoms with van der Waals surface area (Å²) >= 11 is 0. The Morgan fingerprint density at radius 1 is 1.00 bits per heavy atom. The van der Waals surface area contributed by atoms with Gasteiger partial charge in [0.2, 0.25) is 21.8 Å². The van der Waals surface area contributed by atoms with Crippen molar-refractivity contribution in [2.24, 2.45) is 0 Å². The van der Waals surface area contributed by atoms with Crippen molar-refractivity contribution in [3.63, 3.8) is 0 Å². The second-order valence-electron chi connectivity index (χ2n) is 7.79. The van der Waals surface area contributed by atoms with E-state index in [1.54, 1.807) is 0 Å². The number of nitrogens with zero attached hydrogens (tertiary/aromatic N) is 2. The number of fused-ring (bicyclic) bond motifs is 1. The number of hydrogen-bond donors (Lipinski definition) is 1. The van der Waals surface area contributed by atoms with Crippen LogP contribution in [0.3, 0.4) is 0 Å². The number of hydrogen-bond acceptors (Lipinski definition) is 4. The number of nitrogens with one attached hydrogen (secondary N) is 1. The van der Waals surface area contributed by atoms with Crippen LogP contribution in [0.25, 0.3) is 0 Å². The molecule has 12 heteroatoms. The highest BCUT2D eigenvalue weighted by Crippen LogP contribution is 2.35. The molecular weight excluding hydrogens is 466 g/mol. The topological polar surface area (TPSA) is 86.8 Å². The molecule has 0 saturated carbocycles. The van der Waals surface area contributed by atoms with E-state index in [1.807, 2.05) is 0 Å². The van der Waals surface area contributed by atoms with Gasteiger partial charge in [0, 0.05) is 38.3 Å². The number of sulfonamides is 1. The Morgan fingerprint density at radius 3 is 2.24 bits per heavy atom. The summed E-state index contributed by atoms with van der Waals surface area (Å²) in [4.78, 5) is 26.3. The molecule has 176 valence electrons. The van der Waals surface area contributed by atoms with E-state index in [9.17, 15) is 35.6 Å². The Morgan fingerprint density at radius 2 is 1.64 bits per heavy atom. The maximum Gasteiger partial charge on any atom is 0.416 e. The van der Waals surface area contributed by atoms with Gasteiger partial charge in [-0.1, -0.05) is 6.07 Å². The van der Waals surface area contributed by atoms with E-state index in [0.717, 1.165) is 22.5 Å². The second kappa shape index (κ2) is 8.41. The van der Waals surface area contributed by atoms with Crippen LogP contribution in [-0.2, 0) is 25.8 Å². The van der Waals surface area contributed by atoms with Crippen LogP contribution in [0.4, 0.5) is 23.2 Å². The van der Waals surface area contributed by atoms with Gasteiger partial charge in [0.25, 0.3) is 0 Å². The highest BCUT2D eigenvalue weighted by molar-refractivity contribution is 7.89. The highest BCUT2D eigenvalue weighted by Gasteiger charge is 2.37. The molecule has 1 atom stereocenters. The van der Waals surface area contributed by atoms with Gasteiger partial charge < -0.3 is 10.2 Å². The van der Waals surface area contributed by atoms with E-state index in [2.05, 4.69) is 5.32 Å². The molecule has 0 aromatic heterocycles. The number of anilines is 1. The van der Waals surface area contributed by atoms with Gasteiger partial charge in [-0.15, -0.1) is 0 Å². The fraction of sp³-hybridized carbons (Fsp3) is 0.333. The van der Waals surface area contributed by atoms with Crippen LogP contribution in [0.15, 0.2) is 47.4 Å². The molecule has 1 fully saturated rings. The Balaban J connectivity index is 1.46. The van der Waals surface area contributed by atoms with Gasteiger partial charge in [-0.2, -0.15) is 17.5 Å². The van der Waals surface area contributed by atoms with Gasteiger partial charge in [0.05, 0.1) is 16.4 Å². The van der Waals surface area contributed by atoms with Crippen molar-refractivity contribution in [2.45, 2.75) is 23.4 Å². The lowest BCUT2D eigenvalue weighted by molar-refractivity contribution is -0.137. The van der Waals surface area contributed by atoms with Crippen LogP contribution in [0, 0.1) is 5.82 Å². The van der Waals surface area contributed by atoms with E-state index in [4.69, 9.17) is 0 Å². The molecule has 2 amide bonds. The molecule has 2 aliphatic heterocycles. The standard InChI is InChI=1S/C21H19F4N3O4S/c22-14-3-6-16-17(12-19(29)26-18(16)11-14)20(30)27-7-9-28(10-8-27)33(31,32)15-4-1-13(2-5-15)21(23,24)25/h1-6,11,17H,7-10,12H2,(H,26,29). The summed E-state index contributed by atoms with van der Waals surface area (Å²) in [6.07, 6.45) is -4.68. The smallest absolute Gasteiger partial charge is 0.340 e. The first kappa shape index (κ1) is 23.2. The summed E-state index contributed by atoms with van der Waals surface area (Å²) in [5.74, 6) is -2.16. The number of benzene rings is 2. The third-order valence-electron chi connectivity index (χ3n) is 5.72. The van der Waals surface area contributed by atoms with Crippen molar-refractivity contribution in [3.05, 3.63) is 59.4 Å². The molecule has 0 spiro atoms. The quantitative estimate of drug-likeness (QED) is 0.678. The maximum absolute atomic E-state index is 13.5. The molecule has 1 unspecified atom stereocenters. The zero-order chi connectivity index (χ0) is 24.0. The average molecular weight is 485 g/mol. The first-order valence-corrected chi connectivity index (χ1v) is 11.5. The van der Waals surface area contributed by atoms with Crippen LogP contribution in [0.1, 0.15) is 23.5 Å². The number of carbonyl (C=O) groups excluding carboxylic acids is 2. The Labute approximate surface area is 187 Å². The lowest BCUT2D eigenvalue weighted by Crippen LogP contribution is -2.52. The lowest BCUT2D eigenvalue weighted by atomic mass is 9.89. The van der Waals surface area contributed by atoms with E-state index < -0.39 is 39.4 Å². The molecule has 1 N–H and O–H groups in total. The predicted octanol–water partition coefficient (Wildman–Crippen LogP) is 2.80. The van der Waals surface area contributed by atoms with Gasteiger partial charge >= 0.3 is 6.18 Å². The summed E-state index contributed by atoms with van der Waals surface area (Å²) in [7, 11) is -4.04. The molecule has 2 heterocycles. The van der Waals surface area contributed by atoms with Crippen molar-refractivity contribution in [3.8, 4) is 0 Å². The van der Waals surface area contributed by atoms with Crippen LogP contribution in [-0.4, -0.2) is 55.6 Å². The highest BCUT2D eigenvalue weighted by atomic mass is 32.2. The molecule has 1 saturated heterocycles. The number of rotatable bonds is 3. The summed E-state index contributed by atoms with van der Waals surface area (Å²) in [5, 5.41) is 2.54. The largest absolute Gasteiger partial charge is 0.416 e. The molecule has 0 aliphatic carbocycles. The minimum absolute atomic E-state index is 0.0490. The number of piperazine rings is 1. The Bertz CT molecular complexity index is 1190. The number of halogens is 4. The summed E-state index contributed by atoms with van der Waals surface area (Å²) in [6.45, 7) is -0.00470. The predicted molar refractivity (Wildman–Crippen MR) is 109 cm³/mol. The van der Waals surface area contributed by atoms with Crippen molar-refractivity contribution in [1.82, 2.24) is 9.21 Å². The lowest BCUT2D eigenvalue weighted by Gasteiger charge is -2.36. The SMILES string of the molecule is O=C1CC(C(=O)N2CCN(S(=O)(=O)c3ccc(C(F)(F)F)cc3)CC2)c2ccc(F)cc2N1. The number of carbonyl (C=O) groups is 2. The monoisotopic (exact) mass is 485 g/mol. The Kier molecular flexibility index (Phi) is 5.91. The van der Waals surface area contributed by atoms with Gasteiger partial charge in [0.15, 0.2) is 0 Å². The number of amides is 2. The molecule has 0 radical (unpaired) electrons. The van der Waals surface area contributed by atoms with Gasteiger partial charge in [-0.05, 0) is 42.0 Å². The Hall–Kier alpha value is -2.99. The fourth-order valence-corrected chi connectivity index (χ4v) is 5.41. The van der Waals surface area contributed by atoms with Crippen LogP contribution in [0.5, 0.6) is 0 Å². The van der Waals surface area contributed by atoms with Crippen LogP contribution < -0.4 is 5.32 Å². The van der Waals surface area contributed by atoms with Gasteiger partial charge in [-0.25, -0.2) is 12.8 Å².